The van der Waals surface area contributed by atoms with Crippen LogP contribution in [0.2, 0.25) is 0 Å². The molecule has 116 valence electrons. The second kappa shape index (κ2) is 7.59. The van der Waals surface area contributed by atoms with E-state index in [0.717, 1.165) is 38.8 Å². The van der Waals surface area contributed by atoms with E-state index >= 15 is 0 Å². The van der Waals surface area contributed by atoms with Gasteiger partial charge in [0.15, 0.2) is 0 Å². The van der Waals surface area contributed by atoms with Crippen LogP contribution in [0, 0.1) is 0 Å². The lowest BCUT2D eigenvalue weighted by Gasteiger charge is -2.31. The number of thiophene rings is 1. The molecule has 3 heteroatoms. The van der Waals surface area contributed by atoms with Gasteiger partial charge in [0.25, 0.3) is 0 Å². The summed E-state index contributed by atoms with van der Waals surface area (Å²) < 4.78 is 0. The molecule has 1 amide bonds. The van der Waals surface area contributed by atoms with Crippen molar-refractivity contribution in [2.75, 3.05) is 13.1 Å². The van der Waals surface area contributed by atoms with Gasteiger partial charge in [-0.15, -0.1) is 11.3 Å². The van der Waals surface area contributed by atoms with Crippen molar-refractivity contribution in [2.45, 2.75) is 38.0 Å². The molecule has 0 saturated carbocycles. The molecule has 1 saturated heterocycles. The van der Waals surface area contributed by atoms with Crippen LogP contribution in [0.25, 0.3) is 0 Å². The van der Waals surface area contributed by atoms with Gasteiger partial charge in [-0.2, -0.15) is 0 Å². The summed E-state index contributed by atoms with van der Waals surface area (Å²) in [6.07, 6.45) is 4.86. The van der Waals surface area contributed by atoms with Gasteiger partial charge < -0.3 is 4.90 Å². The van der Waals surface area contributed by atoms with E-state index in [1.165, 1.54) is 10.4 Å². The summed E-state index contributed by atoms with van der Waals surface area (Å²) in [5, 5.41) is 2.15. The Balaban J connectivity index is 1.40. The summed E-state index contributed by atoms with van der Waals surface area (Å²) in [6, 6.07) is 14.8. The van der Waals surface area contributed by atoms with E-state index in [-0.39, 0.29) is 0 Å². The Bertz CT molecular complexity index is 571. The van der Waals surface area contributed by atoms with Crippen LogP contribution < -0.4 is 0 Å². The first-order valence-electron chi connectivity index (χ1n) is 8.18. The molecule has 0 bridgehead atoms. The number of hydrogen-bond donors (Lipinski definition) is 0. The van der Waals surface area contributed by atoms with Crippen LogP contribution in [0.15, 0.2) is 47.8 Å². The lowest BCUT2D eigenvalue weighted by Crippen LogP contribution is -2.37. The maximum Gasteiger partial charge on any atom is 0.222 e. The second-order valence-electron chi connectivity index (χ2n) is 6.01. The molecule has 22 heavy (non-hydrogen) atoms. The van der Waals surface area contributed by atoms with Gasteiger partial charge in [0.05, 0.1) is 0 Å². The Morgan fingerprint density at radius 3 is 2.55 bits per heavy atom. The standard InChI is InChI=1S/C19H23NOS/c21-19(10-4-8-16-6-2-1-3-7-16)20-13-11-17(12-14-20)18-9-5-15-22-18/h1-3,5-7,9,15,17H,4,8,10-14H2. The summed E-state index contributed by atoms with van der Waals surface area (Å²) in [5.74, 6) is 0.994. The molecule has 0 unspecified atom stereocenters. The topological polar surface area (TPSA) is 20.3 Å². The van der Waals surface area contributed by atoms with Crippen molar-refractivity contribution in [1.29, 1.82) is 0 Å². The summed E-state index contributed by atoms with van der Waals surface area (Å²) in [7, 11) is 0. The van der Waals surface area contributed by atoms with Crippen molar-refractivity contribution in [3.63, 3.8) is 0 Å². The van der Waals surface area contributed by atoms with Gasteiger partial charge in [0.2, 0.25) is 5.91 Å². The number of benzene rings is 1. The molecular weight excluding hydrogens is 290 g/mol. The summed E-state index contributed by atoms with van der Waals surface area (Å²) in [5.41, 5.74) is 1.33. The number of likely N-dealkylation sites (tertiary alicyclic amines) is 1. The fourth-order valence-electron chi connectivity index (χ4n) is 3.18. The van der Waals surface area contributed by atoms with Crippen LogP contribution in [0.5, 0.6) is 0 Å². The number of hydrogen-bond acceptors (Lipinski definition) is 2. The van der Waals surface area contributed by atoms with E-state index in [1.807, 2.05) is 17.4 Å². The molecule has 1 aromatic carbocycles. The third kappa shape index (κ3) is 3.98. The van der Waals surface area contributed by atoms with Crippen molar-refractivity contribution >= 4 is 17.2 Å². The van der Waals surface area contributed by atoms with E-state index < -0.39 is 0 Å². The van der Waals surface area contributed by atoms with Crippen LogP contribution in [0.4, 0.5) is 0 Å². The number of rotatable bonds is 5. The molecule has 2 aromatic rings. The Morgan fingerprint density at radius 2 is 1.86 bits per heavy atom. The maximum atomic E-state index is 12.3. The minimum Gasteiger partial charge on any atom is -0.343 e. The van der Waals surface area contributed by atoms with E-state index in [0.29, 0.717) is 18.2 Å². The van der Waals surface area contributed by atoms with Gasteiger partial charge in [-0.25, -0.2) is 0 Å². The Hall–Kier alpha value is -1.61. The first-order chi connectivity index (χ1) is 10.8. The molecule has 1 aliphatic rings. The fraction of sp³-hybridized carbons (Fsp3) is 0.421. The summed E-state index contributed by atoms with van der Waals surface area (Å²) in [4.78, 5) is 15.9. The molecule has 1 aromatic heterocycles. The van der Waals surface area contributed by atoms with Crippen molar-refractivity contribution in [3.05, 3.63) is 58.3 Å². The summed E-state index contributed by atoms with van der Waals surface area (Å²) in [6.45, 7) is 1.85. The average Bonchev–Trinajstić information content (AvgIpc) is 3.10. The zero-order valence-electron chi connectivity index (χ0n) is 12.9. The number of carbonyl (C=O) groups is 1. The zero-order valence-corrected chi connectivity index (χ0v) is 13.7. The fourth-order valence-corrected chi connectivity index (χ4v) is 4.08. The Kier molecular flexibility index (Phi) is 5.28. The van der Waals surface area contributed by atoms with E-state index in [2.05, 4.69) is 46.7 Å². The Labute approximate surface area is 136 Å². The molecule has 2 nitrogen and oxygen atoms in total. The largest absolute Gasteiger partial charge is 0.343 e. The van der Waals surface area contributed by atoms with Gasteiger partial charge in [-0.1, -0.05) is 36.4 Å². The molecule has 0 radical (unpaired) electrons. The zero-order chi connectivity index (χ0) is 15.2. The minimum absolute atomic E-state index is 0.334. The molecular formula is C19H23NOS. The van der Waals surface area contributed by atoms with Crippen LogP contribution in [0.1, 0.15) is 42.0 Å². The number of piperidine rings is 1. The number of amides is 1. The van der Waals surface area contributed by atoms with E-state index in [4.69, 9.17) is 0 Å². The van der Waals surface area contributed by atoms with Gasteiger partial charge >= 0.3 is 0 Å². The molecule has 2 heterocycles. The molecule has 0 N–H and O–H groups in total. The Morgan fingerprint density at radius 1 is 1.09 bits per heavy atom. The highest BCUT2D eigenvalue weighted by Crippen LogP contribution is 2.31. The summed E-state index contributed by atoms with van der Waals surface area (Å²) >= 11 is 1.85. The van der Waals surface area contributed by atoms with Gasteiger partial charge in [0.1, 0.15) is 0 Å². The van der Waals surface area contributed by atoms with Crippen LogP contribution in [-0.2, 0) is 11.2 Å². The second-order valence-corrected chi connectivity index (χ2v) is 6.99. The lowest BCUT2D eigenvalue weighted by atomic mass is 9.95. The van der Waals surface area contributed by atoms with Crippen molar-refractivity contribution < 1.29 is 4.79 Å². The van der Waals surface area contributed by atoms with Gasteiger partial charge in [0, 0.05) is 24.4 Å². The predicted octanol–water partition coefficient (Wildman–Crippen LogP) is 4.48. The van der Waals surface area contributed by atoms with Gasteiger partial charge in [-0.3, -0.25) is 4.79 Å². The van der Waals surface area contributed by atoms with E-state index in [9.17, 15) is 4.79 Å². The molecule has 3 rings (SSSR count). The van der Waals surface area contributed by atoms with Crippen LogP contribution in [0.3, 0.4) is 0 Å². The lowest BCUT2D eigenvalue weighted by molar-refractivity contribution is -0.132. The SMILES string of the molecule is O=C(CCCc1ccccc1)N1CCC(c2cccs2)CC1. The van der Waals surface area contributed by atoms with Gasteiger partial charge in [-0.05, 0) is 48.6 Å². The average molecular weight is 313 g/mol. The molecule has 0 atom stereocenters. The molecule has 0 aliphatic carbocycles. The molecule has 1 aliphatic heterocycles. The molecule has 0 spiro atoms. The number of carbonyl (C=O) groups excluding carboxylic acids is 1. The predicted molar refractivity (Wildman–Crippen MR) is 92.3 cm³/mol. The van der Waals surface area contributed by atoms with Crippen LogP contribution in [-0.4, -0.2) is 23.9 Å². The highest BCUT2D eigenvalue weighted by atomic mass is 32.1. The van der Waals surface area contributed by atoms with Crippen molar-refractivity contribution in [3.8, 4) is 0 Å². The number of nitrogens with zero attached hydrogens (tertiary/aromatic N) is 1. The monoisotopic (exact) mass is 313 g/mol. The third-order valence-electron chi connectivity index (χ3n) is 4.49. The van der Waals surface area contributed by atoms with Crippen LogP contribution >= 0.6 is 11.3 Å². The van der Waals surface area contributed by atoms with E-state index in [1.54, 1.807) is 0 Å². The first kappa shape index (κ1) is 15.3. The van der Waals surface area contributed by atoms with Crippen molar-refractivity contribution in [2.24, 2.45) is 0 Å². The minimum atomic E-state index is 0.334. The highest BCUT2D eigenvalue weighted by Gasteiger charge is 2.23. The third-order valence-corrected chi connectivity index (χ3v) is 5.53. The molecule has 1 fully saturated rings. The number of aryl methyl sites for hydroxylation is 1. The highest BCUT2D eigenvalue weighted by molar-refractivity contribution is 7.10. The smallest absolute Gasteiger partial charge is 0.222 e. The first-order valence-corrected chi connectivity index (χ1v) is 9.06. The van der Waals surface area contributed by atoms with Crippen molar-refractivity contribution in [1.82, 2.24) is 4.90 Å². The quantitative estimate of drug-likeness (QED) is 0.797. The maximum absolute atomic E-state index is 12.3. The normalized spacial score (nSPS) is 15.9.